The zero-order valence-corrected chi connectivity index (χ0v) is 11.5. The van der Waals surface area contributed by atoms with Crippen molar-refractivity contribution in [3.8, 4) is 0 Å². The average Bonchev–Trinajstić information content (AvgIpc) is 3.15. The monoisotopic (exact) mass is 279 g/mol. The van der Waals surface area contributed by atoms with Gasteiger partial charge in [0.05, 0.1) is 5.56 Å². The van der Waals surface area contributed by atoms with Crippen molar-refractivity contribution in [2.75, 3.05) is 5.32 Å². The summed E-state index contributed by atoms with van der Waals surface area (Å²) >= 11 is 1.46. The lowest BCUT2D eigenvalue weighted by molar-refractivity contribution is -0.117. The number of carboxylic acid groups (broad SMARTS) is 1. The second-order valence-corrected chi connectivity index (χ2v) is 6.44. The second-order valence-electron chi connectivity index (χ2n) is 5.34. The van der Waals surface area contributed by atoms with Crippen LogP contribution in [0.1, 0.15) is 52.9 Å². The second kappa shape index (κ2) is 4.96. The molecule has 0 unspecified atom stereocenters. The van der Waals surface area contributed by atoms with Crippen molar-refractivity contribution in [3.05, 3.63) is 16.0 Å². The molecule has 2 aliphatic rings. The van der Waals surface area contributed by atoms with E-state index < -0.39 is 5.97 Å². The maximum absolute atomic E-state index is 11.8. The number of nitrogens with one attached hydrogen (secondary N) is 1. The van der Waals surface area contributed by atoms with E-state index in [-0.39, 0.29) is 11.8 Å². The molecule has 5 heteroatoms. The van der Waals surface area contributed by atoms with Crippen molar-refractivity contribution < 1.29 is 14.7 Å². The summed E-state index contributed by atoms with van der Waals surface area (Å²) in [5, 5.41) is 12.8. The van der Waals surface area contributed by atoms with Crippen LogP contribution >= 0.6 is 11.3 Å². The molecule has 4 nitrogen and oxygen atoms in total. The number of carbonyl (C=O) groups is 2. The predicted molar refractivity (Wildman–Crippen MR) is 73.9 cm³/mol. The van der Waals surface area contributed by atoms with Crippen LogP contribution in [0.3, 0.4) is 0 Å². The number of amides is 1. The predicted octanol–water partition coefficient (Wildman–Crippen LogP) is 3.06. The van der Waals surface area contributed by atoms with Crippen molar-refractivity contribution >= 4 is 28.2 Å². The summed E-state index contributed by atoms with van der Waals surface area (Å²) in [5.41, 5.74) is 1.30. The Morgan fingerprint density at radius 1 is 1.16 bits per heavy atom. The van der Waals surface area contributed by atoms with Gasteiger partial charge >= 0.3 is 5.97 Å². The lowest BCUT2D eigenvalue weighted by Crippen LogP contribution is -2.15. The van der Waals surface area contributed by atoms with E-state index >= 15 is 0 Å². The molecule has 1 amide bonds. The van der Waals surface area contributed by atoms with Crippen LogP contribution in [0, 0.1) is 5.92 Å². The fraction of sp³-hybridized carbons (Fsp3) is 0.571. The van der Waals surface area contributed by atoms with Gasteiger partial charge in [0, 0.05) is 10.8 Å². The molecule has 0 radical (unpaired) electrons. The Balaban J connectivity index is 1.93. The normalized spacial score (nSPS) is 18.5. The third-order valence-corrected chi connectivity index (χ3v) is 5.03. The topological polar surface area (TPSA) is 66.4 Å². The van der Waals surface area contributed by atoms with Crippen molar-refractivity contribution in [1.82, 2.24) is 0 Å². The van der Waals surface area contributed by atoms with E-state index in [1.165, 1.54) is 11.3 Å². The molecular formula is C14H17NO3S. The van der Waals surface area contributed by atoms with Gasteiger partial charge in [0.1, 0.15) is 5.00 Å². The van der Waals surface area contributed by atoms with Gasteiger partial charge in [0.15, 0.2) is 0 Å². The fourth-order valence-corrected chi connectivity index (χ4v) is 3.90. The molecule has 102 valence electrons. The number of hydrogen-bond donors (Lipinski definition) is 2. The molecule has 2 N–H and O–H groups in total. The molecule has 0 aromatic carbocycles. The van der Waals surface area contributed by atoms with E-state index in [1.54, 1.807) is 0 Å². The first-order valence-corrected chi connectivity index (χ1v) is 7.67. The summed E-state index contributed by atoms with van der Waals surface area (Å²) in [4.78, 5) is 24.5. The summed E-state index contributed by atoms with van der Waals surface area (Å²) in [6, 6.07) is 0. The summed E-state index contributed by atoms with van der Waals surface area (Å²) < 4.78 is 0. The number of aromatic carboxylic acids is 1. The van der Waals surface area contributed by atoms with Crippen LogP contribution in [-0.4, -0.2) is 17.0 Å². The molecule has 0 aliphatic heterocycles. The molecule has 0 bridgehead atoms. The minimum atomic E-state index is -0.912. The van der Waals surface area contributed by atoms with E-state index in [4.69, 9.17) is 0 Å². The standard InChI is InChI=1S/C14H17NO3S/c16-12(8-6-7-8)15-13-11(14(17)18)9-4-2-1-3-5-10(9)19-13/h8H,1-7H2,(H,15,16)(H,17,18). The highest BCUT2D eigenvalue weighted by Crippen LogP contribution is 2.39. The van der Waals surface area contributed by atoms with E-state index in [1.807, 2.05) is 0 Å². The van der Waals surface area contributed by atoms with Crippen LogP contribution in [0.4, 0.5) is 5.00 Å². The quantitative estimate of drug-likeness (QED) is 0.836. The Kier molecular flexibility index (Phi) is 3.31. The maximum Gasteiger partial charge on any atom is 0.339 e. The lowest BCUT2D eigenvalue weighted by Gasteiger charge is -2.04. The van der Waals surface area contributed by atoms with Crippen LogP contribution in [-0.2, 0) is 17.6 Å². The third kappa shape index (κ3) is 2.52. The molecular weight excluding hydrogens is 262 g/mol. The smallest absolute Gasteiger partial charge is 0.339 e. The van der Waals surface area contributed by atoms with Gasteiger partial charge in [-0.05, 0) is 44.1 Å². The average molecular weight is 279 g/mol. The highest BCUT2D eigenvalue weighted by molar-refractivity contribution is 7.17. The zero-order valence-electron chi connectivity index (χ0n) is 10.7. The Hall–Kier alpha value is -1.36. The Morgan fingerprint density at radius 3 is 2.58 bits per heavy atom. The number of aryl methyl sites for hydroxylation is 1. The van der Waals surface area contributed by atoms with Crippen molar-refractivity contribution in [2.24, 2.45) is 5.92 Å². The number of carbonyl (C=O) groups excluding carboxylic acids is 1. The molecule has 3 rings (SSSR count). The lowest BCUT2D eigenvalue weighted by atomic mass is 10.1. The highest BCUT2D eigenvalue weighted by atomic mass is 32.1. The summed E-state index contributed by atoms with van der Waals surface area (Å²) in [6.45, 7) is 0. The number of carboxylic acids is 1. The minimum absolute atomic E-state index is 0.0149. The van der Waals surface area contributed by atoms with Gasteiger partial charge < -0.3 is 10.4 Å². The molecule has 0 atom stereocenters. The molecule has 2 aliphatic carbocycles. The van der Waals surface area contributed by atoms with E-state index in [2.05, 4.69) is 5.32 Å². The molecule has 19 heavy (non-hydrogen) atoms. The van der Waals surface area contributed by atoms with Crippen LogP contribution in [0.5, 0.6) is 0 Å². The number of anilines is 1. The molecule has 0 saturated heterocycles. The molecule has 1 heterocycles. The highest BCUT2D eigenvalue weighted by Gasteiger charge is 2.32. The summed E-state index contributed by atoms with van der Waals surface area (Å²) in [5.74, 6) is -0.826. The van der Waals surface area contributed by atoms with Crippen LogP contribution < -0.4 is 5.32 Å². The molecule has 1 saturated carbocycles. The number of rotatable bonds is 3. The van der Waals surface area contributed by atoms with Crippen LogP contribution in [0.15, 0.2) is 0 Å². The van der Waals surface area contributed by atoms with Crippen LogP contribution in [0.25, 0.3) is 0 Å². The fourth-order valence-electron chi connectivity index (χ4n) is 2.62. The first-order chi connectivity index (χ1) is 9.16. The third-order valence-electron chi connectivity index (χ3n) is 3.82. The molecule has 0 spiro atoms. The van der Waals surface area contributed by atoms with E-state index in [9.17, 15) is 14.7 Å². The summed E-state index contributed by atoms with van der Waals surface area (Å²) in [7, 11) is 0. The Morgan fingerprint density at radius 2 is 1.89 bits per heavy atom. The summed E-state index contributed by atoms with van der Waals surface area (Å²) in [6.07, 6.45) is 6.94. The van der Waals surface area contributed by atoms with Gasteiger partial charge in [-0.3, -0.25) is 4.79 Å². The van der Waals surface area contributed by atoms with Gasteiger partial charge in [0.2, 0.25) is 5.91 Å². The first kappa shape index (κ1) is 12.7. The Labute approximate surface area is 115 Å². The van der Waals surface area contributed by atoms with Gasteiger partial charge in [-0.25, -0.2) is 4.79 Å². The van der Waals surface area contributed by atoms with Crippen molar-refractivity contribution in [1.29, 1.82) is 0 Å². The molecule has 1 aromatic heterocycles. The first-order valence-electron chi connectivity index (χ1n) is 6.85. The molecule has 1 fully saturated rings. The van der Waals surface area contributed by atoms with Crippen molar-refractivity contribution in [3.63, 3.8) is 0 Å². The SMILES string of the molecule is O=C(O)c1c(NC(=O)C2CC2)sc2c1CCCCC2. The number of hydrogen-bond acceptors (Lipinski definition) is 3. The van der Waals surface area contributed by atoms with Crippen molar-refractivity contribution in [2.45, 2.75) is 44.9 Å². The zero-order chi connectivity index (χ0) is 13.4. The number of fused-ring (bicyclic) bond motifs is 1. The van der Waals surface area contributed by atoms with Crippen LogP contribution in [0.2, 0.25) is 0 Å². The van der Waals surface area contributed by atoms with Gasteiger partial charge in [0.25, 0.3) is 0 Å². The van der Waals surface area contributed by atoms with E-state index in [0.717, 1.165) is 55.4 Å². The van der Waals surface area contributed by atoms with Gasteiger partial charge in [-0.1, -0.05) is 6.42 Å². The van der Waals surface area contributed by atoms with E-state index in [0.29, 0.717) is 10.6 Å². The largest absolute Gasteiger partial charge is 0.478 e. The molecule has 1 aromatic rings. The Bertz CT molecular complexity index is 531. The number of thiophene rings is 1. The minimum Gasteiger partial charge on any atom is -0.478 e. The van der Waals surface area contributed by atoms with Gasteiger partial charge in [-0.2, -0.15) is 0 Å². The van der Waals surface area contributed by atoms with Gasteiger partial charge in [-0.15, -0.1) is 11.3 Å². The maximum atomic E-state index is 11.8.